The summed E-state index contributed by atoms with van der Waals surface area (Å²) in [4.78, 5) is 26.3. The highest BCUT2D eigenvalue weighted by atomic mass is 16.2. The van der Waals surface area contributed by atoms with E-state index in [-0.39, 0.29) is 30.8 Å². The number of fused-ring (bicyclic) bond motifs is 1. The number of nitrogens with one attached hydrogen (secondary N) is 2. The van der Waals surface area contributed by atoms with Crippen LogP contribution in [0.15, 0.2) is 72.8 Å². The van der Waals surface area contributed by atoms with E-state index in [1.54, 1.807) is 11.9 Å². The number of anilines is 1. The first-order valence-electron chi connectivity index (χ1n) is 9.80. The molecule has 5 nitrogen and oxygen atoms in total. The summed E-state index contributed by atoms with van der Waals surface area (Å²) in [6.07, 6.45) is 0. The van der Waals surface area contributed by atoms with Crippen LogP contribution in [0.4, 0.5) is 5.69 Å². The van der Waals surface area contributed by atoms with Crippen LogP contribution in [0.1, 0.15) is 18.4 Å². The summed E-state index contributed by atoms with van der Waals surface area (Å²) in [5.41, 5.74) is 1.97. The van der Waals surface area contributed by atoms with Gasteiger partial charge < -0.3 is 10.6 Å². The first-order valence-corrected chi connectivity index (χ1v) is 9.80. The number of hydrogen-bond acceptors (Lipinski definition) is 3. The molecule has 0 saturated heterocycles. The van der Waals surface area contributed by atoms with Crippen LogP contribution in [0.2, 0.25) is 0 Å². The average Bonchev–Trinajstić information content (AvgIpc) is 2.72. The van der Waals surface area contributed by atoms with Gasteiger partial charge in [0.15, 0.2) is 0 Å². The fourth-order valence-electron chi connectivity index (χ4n) is 3.29. The third-order valence-electron chi connectivity index (χ3n) is 4.86. The van der Waals surface area contributed by atoms with Gasteiger partial charge in [0, 0.05) is 17.6 Å². The molecule has 29 heavy (non-hydrogen) atoms. The number of carbonyl (C=O) groups is 2. The largest absolute Gasteiger partial charge is 0.354 e. The van der Waals surface area contributed by atoms with Crippen LogP contribution in [0.5, 0.6) is 0 Å². The fraction of sp³-hybridized carbons (Fsp3) is 0.250. The van der Waals surface area contributed by atoms with Gasteiger partial charge in [0.1, 0.15) is 0 Å². The van der Waals surface area contributed by atoms with Gasteiger partial charge in [-0.25, -0.2) is 0 Å². The van der Waals surface area contributed by atoms with E-state index in [1.807, 2.05) is 60.7 Å². The van der Waals surface area contributed by atoms with Crippen LogP contribution in [-0.2, 0) is 9.59 Å². The smallest absolute Gasteiger partial charge is 0.238 e. The van der Waals surface area contributed by atoms with Crippen molar-refractivity contribution in [1.29, 1.82) is 0 Å². The van der Waals surface area contributed by atoms with E-state index in [0.717, 1.165) is 16.5 Å². The SMILES string of the molecule is C[C@@H](CNC(=O)CN(C)CC(=O)Nc1cccc2ccccc12)c1ccccc1. The molecule has 150 valence electrons. The lowest BCUT2D eigenvalue weighted by molar-refractivity contribution is -0.123. The molecule has 0 aliphatic rings. The monoisotopic (exact) mass is 389 g/mol. The van der Waals surface area contributed by atoms with E-state index in [9.17, 15) is 9.59 Å². The third kappa shape index (κ3) is 5.90. The number of likely N-dealkylation sites (N-methyl/N-ethyl adjacent to an activating group) is 1. The highest BCUT2D eigenvalue weighted by Gasteiger charge is 2.13. The Labute approximate surface area is 171 Å². The molecule has 0 radical (unpaired) electrons. The molecule has 0 aromatic heterocycles. The number of carbonyl (C=O) groups excluding carboxylic acids is 2. The van der Waals surface area contributed by atoms with E-state index >= 15 is 0 Å². The Balaban J connectivity index is 1.46. The summed E-state index contributed by atoms with van der Waals surface area (Å²) < 4.78 is 0. The first-order chi connectivity index (χ1) is 14.0. The van der Waals surface area contributed by atoms with Crippen molar-refractivity contribution in [3.63, 3.8) is 0 Å². The third-order valence-corrected chi connectivity index (χ3v) is 4.86. The molecule has 0 spiro atoms. The Hall–Kier alpha value is -3.18. The molecule has 0 aliphatic heterocycles. The molecule has 0 saturated carbocycles. The van der Waals surface area contributed by atoms with E-state index in [2.05, 4.69) is 29.7 Å². The van der Waals surface area contributed by atoms with Crippen molar-refractivity contribution < 1.29 is 9.59 Å². The molecule has 0 unspecified atom stereocenters. The van der Waals surface area contributed by atoms with Gasteiger partial charge in [-0.3, -0.25) is 14.5 Å². The van der Waals surface area contributed by atoms with Crippen molar-refractivity contribution >= 4 is 28.3 Å². The lowest BCUT2D eigenvalue weighted by atomic mass is 10.0. The molecule has 2 amide bonds. The first kappa shape index (κ1) is 20.6. The van der Waals surface area contributed by atoms with Gasteiger partial charge in [0.2, 0.25) is 11.8 Å². The highest BCUT2D eigenvalue weighted by Crippen LogP contribution is 2.22. The fourth-order valence-corrected chi connectivity index (χ4v) is 3.29. The van der Waals surface area contributed by atoms with Gasteiger partial charge >= 0.3 is 0 Å². The van der Waals surface area contributed by atoms with Gasteiger partial charge in [-0.15, -0.1) is 0 Å². The van der Waals surface area contributed by atoms with E-state index in [0.29, 0.717) is 6.54 Å². The summed E-state index contributed by atoms with van der Waals surface area (Å²) >= 11 is 0. The predicted octanol–water partition coefficient (Wildman–Crippen LogP) is 3.63. The molecule has 5 heteroatoms. The lowest BCUT2D eigenvalue weighted by Crippen LogP contribution is -2.39. The molecular weight excluding hydrogens is 362 g/mol. The quantitative estimate of drug-likeness (QED) is 0.618. The minimum Gasteiger partial charge on any atom is -0.354 e. The minimum absolute atomic E-state index is 0.0896. The average molecular weight is 389 g/mol. The van der Waals surface area contributed by atoms with Crippen molar-refractivity contribution in [2.75, 3.05) is 32.0 Å². The van der Waals surface area contributed by atoms with Crippen LogP contribution in [0.25, 0.3) is 10.8 Å². The van der Waals surface area contributed by atoms with Crippen molar-refractivity contribution in [1.82, 2.24) is 10.2 Å². The molecule has 3 aromatic carbocycles. The molecule has 0 bridgehead atoms. The number of nitrogens with zero attached hydrogens (tertiary/aromatic N) is 1. The maximum absolute atomic E-state index is 12.4. The molecule has 2 N–H and O–H groups in total. The summed E-state index contributed by atoms with van der Waals surface area (Å²) in [6, 6.07) is 23.8. The van der Waals surface area contributed by atoms with Crippen molar-refractivity contribution in [2.24, 2.45) is 0 Å². The zero-order chi connectivity index (χ0) is 20.6. The Morgan fingerprint density at radius 2 is 1.52 bits per heavy atom. The van der Waals surface area contributed by atoms with Crippen LogP contribution in [-0.4, -0.2) is 43.4 Å². The molecule has 3 rings (SSSR count). The van der Waals surface area contributed by atoms with Crippen LogP contribution >= 0.6 is 0 Å². The Kier molecular flexibility index (Phi) is 6.98. The van der Waals surface area contributed by atoms with Gasteiger partial charge in [0.05, 0.1) is 13.1 Å². The molecular formula is C24H27N3O2. The second kappa shape index (κ2) is 9.85. The highest BCUT2D eigenvalue weighted by molar-refractivity contribution is 6.02. The van der Waals surface area contributed by atoms with Crippen LogP contribution in [0.3, 0.4) is 0 Å². The second-order valence-electron chi connectivity index (χ2n) is 7.36. The number of benzene rings is 3. The topological polar surface area (TPSA) is 61.4 Å². The van der Waals surface area contributed by atoms with Crippen LogP contribution in [0, 0.1) is 0 Å². The zero-order valence-electron chi connectivity index (χ0n) is 16.9. The van der Waals surface area contributed by atoms with Crippen molar-refractivity contribution in [3.8, 4) is 0 Å². The predicted molar refractivity (Wildman–Crippen MR) is 118 cm³/mol. The summed E-state index contributed by atoms with van der Waals surface area (Å²) in [5, 5.41) is 7.97. The van der Waals surface area contributed by atoms with E-state index in [1.165, 1.54) is 5.56 Å². The van der Waals surface area contributed by atoms with Gasteiger partial charge in [-0.05, 0) is 30.0 Å². The Morgan fingerprint density at radius 3 is 2.31 bits per heavy atom. The van der Waals surface area contributed by atoms with E-state index < -0.39 is 0 Å². The van der Waals surface area contributed by atoms with Gasteiger partial charge in [0.25, 0.3) is 0 Å². The minimum atomic E-state index is -0.144. The zero-order valence-corrected chi connectivity index (χ0v) is 16.9. The van der Waals surface area contributed by atoms with Crippen molar-refractivity contribution in [3.05, 3.63) is 78.4 Å². The summed E-state index contributed by atoms with van der Waals surface area (Å²) in [5.74, 6) is 0.00247. The standard InChI is InChI=1S/C24H27N3O2/c1-18(19-9-4-3-5-10-19)15-25-23(28)16-27(2)17-24(29)26-22-14-8-12-20-11-6-7-13-21(20)22/h3-14,18H,15-17H2,1-2H3,(H,25,28)(H,26,29)/t18-/m0/s1. The lowest BCUT2D eigenvalue weighted by Gasteiger charge is -2.18. The molecule has 0 fully saturated rings. The van der Waals surface area contributed by atoms with E-state index in [4.69, 9.17) is 0 Å². The normalized spacial score (nSPS) is 12.0. The Morgan fingerprint density at radius 1 is 0.862 bits per heavy atom. The number of rotatable bonds is 8. The molecule has 0 aliphatic carbocycles. The van der Waals surface area contributed by atoms with Gasteiger partial charge in [-0.2, -0.15) is 0 Å². The molecule has 0 heterocycles. The van der Waals surface area contributed by atoms with Crippen LogP contribution < -0.4 is 10.6 Å². The number of hydrogen-bond donors (Lipinski definition) is 2. The molecule has 3 aromatic rings. The van der Waals surface area contributed by atoms with Gasteiger partial charge in [-0.1, -0.05) is 73.7 Å². The second-order valence-corrected chi connectivity index (χ2v) is 7.36. The number of amides is 2. The maximum Gasteiger partial charge on any atom is 0.238 e. The Bertz CT molecular complexity index is 967. The molecule has 1 atom stereocenters. The summed E-state index contributed by atoms with van der Waals surface area (Å²) in [6.45, 7) is 2.96. The maximum atomic E-state index is 12.4. The van der Waals surface area contributed by atoms with Crippen molar-refractivity contribution in [2.45, 2.75) is 12.8 Å². The summed E-state index contributed by atoms with van der Waals surface area (Å²) in [7, 11) is 1.77.